The van der Waals surface area contributed by atoms with E-state index in [2.05, 4.69) is 5.32 Å². The molecule has 128 valence electrons. The third kappa shape index (κ3) is 4.99. The van der Waals surface area contributed by atoms with Crippen molar-refractivity contribution in [3.63, 3.8) is 0 Å². The molecule has 2 unspecified atom stereocenters. The Balaban J connectivity index is 1.97. The monoisotopic (exact) mass is 324 g/mol. The normalized spacial score (nSPS) is 20.7. The average Bonchev–Trinajstić information content (AvgIpc) is 3.00. The zero-order valence-corrected chi connectivity index (χ0v) is 13.5. The van der Waals surface area contributed by atoms with Crippen LogP contribution >= 0.6 is 0 Å². The summed E-state index contributed by atoms with van der Waals surface area (Å²) in [6.07, 6.45) is 3.07. The molecule has 1 aliphatic carbocycles. The fraction of sp³-hybridized carbons (Fsp3) is 0.588. The van der Waals surface area contributed by atoms with Crippen molar-refractivity contribution < 1.29 is 18.7 Å². The van der Waals surface area contributed by atoms with Gasteiger partial charge in [-0.1, -0.05) is 6.42 Å². The van der Waals surface area contributed by atoms with Gasteiger partial charge >= 0.3 is 0 Å². The van der Waals surface area contributed by atoms with Crippen molar-refractivity contribution in [3.8, 4) is 0 Å². The number of carbonyl (C=O) groups is 1. The van der Waals surface area contributed by atoms with Crippen LogP contribution in [0.25, 0.3) is 0 Å². The highest BCUT2D eigenvalue weighted by Crippen LogP contribution is 2.25. The first kappa shape index (κ1) is 17.8. The first-order valence-electron chi connectivity index (χ1n) is 8.01. The minimum absolute atomic E-state index is 0.110. The Bertz CT molecular complexity index is 525. The molecule has 5 nitrogen and oxygen atoms in total. The number of ether oxygens (including phenoxy) is 2. The lowest BCUT2D eigenvalue weighted by Gasteiger charge is -2.19. The Morgan fingerprint density at radius 2 is 2.22 bits per heavy atom. The number of hydrogen-bond donors (Lipinski definition) is 2. The van der Waals surface area contributed by atoms with Crippen molar-refractivity contribution in [2.24, 2.45) is 11.7 Å². The van der Waals surface area contributed by atoms with Crippen LogP contribution in [-0.2, 0) is 16.1 Å². The van der Waals surface area contributed by atoms with Crippen LogP contribution in [0.5, 0.6) is 0 Å². The van der Waals surface area contributed by atoms with Crippen molar-refractivity contribution in [2.45, 2.75) is 31.9 Å². The standard InChI is InChI=1S/C17H25FN2O3/c1-22-7-8-23-11-14-9-12(5-6-15(14)18)17(21)20-16-4-2-3-13(16)10-19/h5-6,9,13,16H,2-4,7-8,10-11,19H2,1H3,(H,20,21). The third-order valence-electron chi connectivity index (χ3n) is 4.28. The molecule has 23 heavy (non-hydrogen) atoms. The number of amides is 1. The predicted octanol–water partition coefficient (Wildman–Crippen LogP) is 1.85. The lowest BCUT2D eigenvalue weighted by Crippen LogP contribution is -2.39. The zero-order chi connectivity index (χ0) is 16.7. The van der Waals surface area contributed by atoms with Gasteiger partial charge in [0.05, 0.1) is 19.8 Å². The molecule has 1 saturated carbocycles. The highest BCUT2D eigenvalue weighted by molar-refractivity contribution is 5.94. The molecule has 1 aliphatic rings. The van der Waals surface area contributed by atoms with Gasteiger partial charge in [-0.25, -0.2) is 4.39 Å². The molecule has 2 rings (SSSR count). The second-order valence-corrected chi connectivity index (χ2v) is 5.86. The molecule has 0 heterocycles. The maximum absolute atomic E-state index is 13.8. The van der Waals surface area contributed by atoms with E-state index < -0.39 is 0 Å². The van der Waals surface area contributed by atoms with Crippen LogP contribution in [0, 0.1) is 11.7 Å². The number of nitrogens with two attached hydrogens (primary N) is 1. The van der Waals surface area contributed by atoms with Crippen molar-refractivity contribution in [1.29, 1.82) is 0 Å². The Morgan fingerprint density at radius 3 is 2.96 bits per heavy atom. The van der Waals surface area contributed by atoms with Gasteiger partial charge in [0.25, 0.3) is 5.91 Å². The molecule has 2 atom stereocenters. The number of halogens is 1. The van der Waals surface area contributed by atoms with Crippen LogP contribution in [0.4, 0.5) is 4.39 Å². The largest absolute Gasteiger partial charge is 0.382 e. The number of hydrogen-bond acceptors (Lipinski definition) is 4. The fourth-order valence-electron chi connectivity index (χ4n) is 2.91. The smallest absolute Gasteiger partial charge is 0.251 e. The van der Waals surface area contributed by atoms with E-state index in [0.29, 0.717) is 36.8 Å². The quantitative estimate of drug-likeness (QED) is 0.716. The highest BCUT2D eigenvalue weighted by Gasteiger charge is 2.27. The highest BCUT2D eigenvalue weighted by atomic mass is 19.1. The first-order valence-corrected chi connectivity index (χ1v) is 8.01. The molecule has 1 aromatic carbocycles. The van der Waals surface area contributed by atoms with Crippen LogP contribution in [0.2, 0.25) is 0 Å². The molecular weight excluding hydrogens is 299 g/mol. The Hall–Kier alpha value is -1.50. The number of nitrogens with one attached hydrogen (secondary N) is 1. The van der Waals surface area contributed by atoms with Gasteiger partial charge < -0.3 is 20.5 Å². The van der Waals surface area contributed by atoms with E-state index >= 15 is 0 Å². The second kappa shape index (κ2) is 8.96. The molecular formula is C17H25FN2O3. The summed E-state index contributed by atoms with van der Waals surface area (Å²) in [6, 6.07) is 4.46. The molecule has 0 aliphatic heterocycles. The summed E-state index contributed by atoms with van der Waals surface area (Å²) in [6.45, 7) is 1.52. The molecule has 1 amide bonds. The molecule has 1 aromatic rings. The van der Waals surface area contributed by atoms with Crippen LogP contribution < -0.4 is 11.1 Å². The van der Waals surface area contributed by atoms with Crippen LogP contribution in [-0.4, -0.2) is 38.8 Å². The summed E-state index contributed by atoms with van der Waals surface area (Å²) in [5, 5.41) is 3.02. The van der Waals surface area contributed by atoms with E-state index in [1.54, 1.807) is 13.2 Å². The van der Waals surface area contributed by atoms with Crippen molar-refractivity contribution in [2.75, 3.05) is 26.9 Å². The van der Waals surface area contributed by atoms with E-state index in [-0.39, 0.29) is 24.4 Å². The topological polar surface area (TPSA) is 73.6 Å². The van der Waals surface area contributed by atoms with E-state index in [1.165, 1.54) is 12.1 Å². The molecule has 1 fully saturated rings. The fourth-order valence-corrected chi connectivity index (χ4v) is 2.91. The van der Waals surface area contributed by atoms with E-state index in [0.717, 1.165) is 19.3 Å². The SMILES string of the molecule is COCCOCc1cc(C(=O)NC2CCCC2CN)ccc1F. The number of rotatable bonds is 8. The summed E-state index contributed by atoms with van der Waals surface area (Å²) in [4.78, 5) is 12.4. The van der Waals surface area contributed by atoms with Crippen LogP contribution in [0.15, 0.2) is 18.2 Å². The van der Waals surface area contributed by atoms with Crippen LogP contribution in [0.1, 0.15) is 35.2 Å². The van der Waals surface area contributed by atoms with Gasteiger partial charge in [0.2, 0.25) is 0 Å². The Labute approximate surface area is 136 Å². The zero-order valence-electron chi connectivity index (χ0n) is 13.5. The van der Waals surface area contributed by atoms with E-state index in [9.17, 15) is 9.18 Å². The van der Waals surface area contributed by atoms with Gasteiger partial charge in [-0.15, -0.1) is 0 Å². The maximum atomic E-state index is 13.8. The van der Waals surface area contributed by atoms with Gasteiger partial charge in [-0.3, -0.25) is 4.79 Å². The third-order valence-corrected chi connectivity index (χ3v) is 4.28. The summed E-state index contributed by atoms with van der Waals surface area (Å²) in [5.74, 6) is -0.232. The molecule has 3 N–H and O–H groups in total. The minimum Gasteiger partial charge on any atom is -0.382 e. The number of methoxy groups -OCH3 is 1. The second-order valence-electron chi connectivity index (χ2n) is 5.86. The van der Waals surface area contributed by atoms with Gasteiger partial charge in [-0.2, -0.15) is 0 Å². The van der Waals surface area contributed by atoms with Gasteiger partial charge in [0.1, 0.15) is 5.82 Å². The lowest BCUT2D eigenvalue weighted by molar-refractivity contribution is 0.0603. The molecule has 0 spiro atoms. The predicted molar refractivity (Wildman–Crippen MR) is 85.6 cm³/mol. The van der Waals surface area contributed by atoms with Crippen LogP contribution in [0.3, 0.4) is 0 Å². The maximum Gasteiger partial charge on any atom is 0.251 e. The molecule has 0 aromatic heterocycles. The Kier molecular flexibility index (Phi) is 6.95. The molecule has 0 saturated heterocycles. The molecule has 6 heteroatoms. The minimum atomic E-state index is -0.375. The summed E-state index contributed by atoms with van der Waals surface area (Å²) in [7, 11) is 1.58. The Morgan fingerprint density at radius 1 is 1.39 bits per heavy atom. The first-order chi connectivity index (χ1) is 11.2. The summed E-state index contributed by atoms with van der Waals surface area (Å²) in [5.41, 5.74) is 6.55. The van der Waals surface area contributed by atoms with Gasteiger partial charge in [0.15, 0.2) is 0 Å². The molecule has 0 radical (unpaired) electrons. The van der Waals surface area contributed by atoms with Crippen molar-refractivity contribution in [3.05, 3.63) is 35.1 Å². The van der Waals surface area contributed by atoms with E-state index in [4.69, 9.17) is 15.2 Å². The van der Waals surface area contributed by atoms with Crippen molar-refractivity contribution >= 4 is 5.91 Å². The number of carbonyl (C=O) groups excluding carboxylic acids is 1. The molecule has 0 bridgehead atoms. The number of benzene rings is 1. The van der Waals surface area contributed by atoms with Gasteiger partial charge in [0, 0.05) is 24.3 Å². The lowest BCUT2D eigenvalue weighted by atomic mass is 10.0. The average molecular weight is 324 g/mol. The van der Waals surface area contributed by atoms with Gasteiger partial charge in [-0.05, 0) is 43.5 Å². The van der Waals surface area contributed by atoms with Crippen molar-refractivity contribution in [1.82, 2.24) is 5.32 Å². The van der Waals surface area contributed by atoms with E-state index in [1.807, 2.05) is 0 Å². The summed E-state index contributed by atoms with van der Waals surface area (Å²) < 4.78 is 24.0. The summed E-state index contributed by atoms with van der Waals surface area (Å²) >= 11 is 0.